The van der Waals surface area contributed by atoms with Gasteiger partial charge in [0, 0.05) is 36.2 Å². The van der Waals surface area contributed by atoms with Crippen LogP contribution in [-0.2, 0) is 6.54 Å². The number of thioether (sulfide) groups is 1. The van der Waals surface area contributed by atoms with E-state index in [4.69, 9.17) is 5.73 Å². The van der Waals surface area contributed by atoms with Crippen LogP contribution in [0, 0.1) is 11.8 Å². The van der Waals surface area contributed by atoms with E-state index in [2.05, 4.69) is 59.7 Å². The Hall–Kier alpha value is -0.950. The van der Waals surface area contributed by atoms with Crippen LogP contribution >= 0.6 is 11.8 Å². The molecule has 0 saturated carbocycles. The number of benzene rings is 1. The highest BCUT2D eigenvalue weighted by Gasteiger charge is 2.18. The van der Waals surface area contributed by atoms with Crippen LogP contribution in [0.25, 0.3) is 0 Å². The molecule has 1 aliphatic rings. The van der Waals surface area contributed by atoms with Crippen LogP contribution in [0.2, 0.25) is 0 Å². The Labute approximate surface area is 120 Å². The van der Waals surface area contributed by atoms with Crippen molar-refractivity contribution in [2.75, 3.05) is 25.4 Å². The first-order chi connectivity index (χ1) is 9.31. The van der Waals surface area contributed by atoms with Crippen LogP contribution in [0.15, 0.2) is 24.3 Å². The van der Waals surface area contributed by atoms with Crippen molar-refractivity contribution in [1.82, 2.24) is 4.90 Å². The van der Waals surface area contributed by atoms with Crippen LogP contribution in [-0.4, -0.2) is 35.5 Å². The highest BCUT2D eigenvalue weighted by Crippen LogP contribution is 2.22. The quantitative estimate of drug-likeness (QED) is 0.858. The molecule has 1 atom stereocenters. The lowest BCUT2D eigenvalue weighted by Crippen LogP contribution is -2.36. The lowest BCUT2D eigenvalue weighted by Gasteiger charge is -2.31. The standard InChI is InChI=1S/C16H22N2S/c1-2-16-13-18(10-11-19-16)12-15-7-5-14(6-8-15)4-3-9-17/h5-8,16H,2,9-13,17H2,1H3. The van der Waals surface area contributed by atoms with Gasteiger partial charge in [0.15, 0.2) is 0 Å². The molecule has 2 rings (SSSR count). The summed E-state index contributed by atoms with van der Waals surface area (Å²) in [6.07, 6.45) is 1.27. The first kappa shape index (κ1) is 14.5. The molecule has 1 aromatic rings. The van der Waals surface area contributed by atoms with Gasteiger partial charge in [0.2, 0.25) is 0 Å². The van der Waals surface area contributed by atoms with E-state index in [1.165, 1.54) is 30.8 Å². The summed E-state index contributed by atoms with van der Waals surface area (Å²) in [6.45, 7) is 6.19. The first-order valence-electron chi connectivity index (χ1n) is 6.93. The minimum Gasteiger partial charge on any atom is -0.320 e. The molecule has 0 radical (unpaired) electrons. The molecule has 1 fully saturated rings. The van der Waals surface area contributed by atoms with Crippen molar-refractivity contribution >= 4 is 11.8 Å². The molecule has 0 bridgehead atoms. The predicted molar refractivity (Wildman–Crippen MR) is 84.2 cm³/mol. The maximum absolute atomic E-state index is 5.37. The summed E-state index contributed by atoms with van der Waals surface area (Å²) in [5.41, 5.74) is 7.80. The second-order valence-electron chi connectivity index (χ2n) is 4.84. The van der Waals surface area contributed by atoms with E-state index >= 15 is 0 Å². The van der Waals surface area contributed by atoms with Gasteiger partial charge in [-0.3, -0.25) is 4.90 Å². The van der Waals surface area contributed by atoms with E-state index < -0.39 is 0 Å². The maximum atomic E-state index is 5.37. The molecular formula is C16H22N2S. The Balaban J connectivity index is 1.92. The monoisotopic (exact) mass is 274 g/mol. The molecule has 2 N–H and O–H groups in total. The average Bonchev–Trinajstić information content (AvgIpc) is 2.47. The van der Waals surface area contributed by atoms with Gasteiger partial charge in [0.05, 0.1) is 6.54 Å². The van der Waals surface area contributed by atoms with E-state index in [9.17, 15) is 0 Å². The van der Waals surface area contributed by atoms with Crippen LogP contribution in [0.4, 0.5) is 0 Å². The Morgan fingerprint density at radius 3 is 2.84 bits per heavy atom. The van der Waals surface area contributed by atoms with Crippen molar-refractivity contribution in [2.24, 2.45) is 5.73 Å². The average molecular weight is 274 g/mol. The Morgan fingerprint density at radius 2 is 2.16 bits per heavy atom. The summed E-state index contributed by atoms with van der Waals surface area (Å²) in [5, 5.41) is 0.809. The number of hydrogen-bond donors (Lipinski definition) is 1. The van der Waals surface area contributed by atoms with Gasteiger partial charge < -0.3 is 5.73 Å². The lowest BCUT2D eigenvalue weighted by atomic mass is 10.1. The molecule has 1 heterocycles. The third kappa shape index (κ3) is 4.58. The third-order valence-electron chi connectivity index (χ3n) is 3.37. The summed E-state index contributed by atoms with van der Waals surface area (Å²) in [5.74, 6) is 7.21. The molecule has 1 unspecified atom stereocenters. The third-order valence-corrected chi connectivity index (χ3v) is 4.75. The topological polar surface area (TPSA) is 29.3 Å². The van der Waals surface area contributed by atoms with Gasteiger partial charge in [-0.25, -0.2) is 0 Å². The molecule has 0 amide bonds. The van der Waals surface area contributed by atoms with E-state index in [1.807, 2.05) is 0 Å². The van der Waals surface area contributed by atoms with Crippen LogP contribution in [0.1, 0.15) is 24.5 Å². The Bertz CT molecular complexity index is 444. The Kier molecular flexibility index (Phi) is 5.78. The van der Waals surface area contributed by atoms with Gasteiger partial charge >= 0.3 is 0 Å². The SMILES string of the molecule is CCC1CN(Cc2ccc(C#CCN)cc2)CCS1. The van der Waals surface area contributed by atoms with Crippen molar-refractivity contribution in [3.05, 3.63) is 35.4 Å². The number of hydrogen-bond acceptors (Lipinski definition) is 3. The lowest BCUT2D eigenvalue weighted by molar-refractivity contribution is 0.273. The first-order valence-corrected chi connectivity index (χ1v) is 7.98. The minimum atomic E-state index is 0.422. The molecule has 19 heavy (non-hydrogen) atoms. The molecule has 0 aliphatic carbocycles. The van der Waals surface area contributed by atoms with E-state index in [0.29, 0.717) is 6.54 Å². The normalized spacial score (nSPS) is 19.8. The molecule has 1 aromatic carbocycles. The summed E-state index contributed by atoms with van der Waals surface area (Å²) >= 11 is 2.12. The highest BCUT2D eigenvalue weighted by atomic mass is 32.2. The molecule has 102 valence electrons. The Morgan fingerprint density at radius 1 is 1.37 bits per heavy atom. The fourth-order valence-corrected chi connectivity index (χ4v) is 3.52. The van der Waals surface area contributed by atoms with E-state index in [0.717, 1.165) is 17.4 Å². The highest BCUT2D eigenvalue weighted by molar-refractivity contribution is 8.00. The van der Waals surface area contributed by atoms with Gasteiger partial charge in [0.1, 0.15) is 0 Å². The fourth-order valence-electron chi connectivity index (χ4n) is 2.28. The second kappa shape index (κ2) is 7.59. The van der Waals surface area contributed by atoms with Crippen molar-refractivity contribution < 1.29 is 0 Å². The summed E-state index contributed by atoms with van der Waals surface area (Å²) < 4.78 is 0. The van der Waals surface area contributed by atoms with E-state index in [-0.39, 0.29) is 0 Å². The molecular weight excluding hydrogens is 252 g/mol. The summed E-state index contributed by atoms with van der Waals surface area (Å²) in [6, 6.07) is 8.55. The van der Waals surface area contributed by atoms with Crippen molar-refractivity contribution in [1.29, 1.82) is 0 Å². The number of rotatable bonds is 3. The van der Waals surface area contributed by atoms with Gasteiger partial charge in [-0.15, -0.1) is 0 Å². The zero-order valence-corrected chi connectivity index (χ0v) is 12.4. The molecule has 1 aliphatic heterocycles. The number of nitrogens with two attached hydrogens (primary N) is 1. The van der Waals surface area contributed by atoms with Gasteiger partial charge in [-0.05, 0) is 24.1 Å². The second-order valence-corrected chi connectivity index (χ2v) is 6.25. The predicted octanol–water partition coefficient (Wildman–Crippen LogP) is 2.32. The molecule has 1 saturated heterocycles. The van der Waals surface area contributed by atoms with Crippen LogP contribution < -0.4 is 5.73 Å². The van der Waals surface area contributed by atoms with Gasteiger partial charge in [0.25, 0.3) is 0 Å². The zero-order chi connectivity index (χ0) is 13.5. The smallest absolute Gasteiger partial charge is 0.0555 e. The van der Waals surface area contributed by atoms with Crippen LogP contribution in [0.3, 0.4) is 0 Å². The van der Waals surface area contributed by atoms with Gasteiger partial charge in [-0.2, -0.15) is 11.8 Å². The summed E-state index contributed by atoms with van der Waals surface area (Å²) in [7, 11) is 0. The maximum Gasteiger partial charge on any atom is 0.0555 e. The van der Waals surface area contributed by atoms with Crippen LogP contribution in [0.5, 0.6) is 0 Å². The molecule has 2 nitrogen and oxygen atoms in total. The zero-order valence-electron chi connectivity index (χ0n) is 11.6. The minimum absolute atomic E-state index is 0.422. The van der Waals surface area contributed by atoms with Gasteiger partial charge in [-0.1, -0.05) is 30.9 Å². The number of nitrogens with zero attached hydrogens (tertiary/aromatic N) is 1. The molecule has 0 aromatic heterocycles. The fraction of sp³-hybridized carbons (Fsp3) is 0.500. The van der Waals surface area contributed by atoms with Crippen molar-refractivity contribution in [2.45, 2.75) is 25.1 Å². The molecule has 3 heteroatoms. The van der Waals surface area contributed by atoms with Crippen molar-refractivity contribution in [3.8, 4) is 11.8 Å². The van der Waals surface area contributed by atoms with E-state index in [1.54, 1.807) is 0 Å². The largest absolute Gasteiger partial charge is 0.320 e. The summed E-state index contributed by atoms with van der Waals surface area (Å²) in [4.78, 5) is 2.56. The van der Waals surface area contributed by atoms with Crippen molar-refractivity contribution in [3.63, 3.8) is 0 Å². The molecule has 0 spiro atoms.